The lowest BCUT2D eigenvalue weighted by Gasteiger charge is -2.47. The smallest absolute Gasteiger partial charge is 0.478 e. The van der Waals surface area contributed by atoms with Gasteiger partial charge in [0.05, 0.1) is 5.56 Å². The number of hydrogen-bond acceptors (Lipinski definition) is 6. The molecule has 1 amide bonds. The van der Waals surface area contributed by atoms with Gasteiger partial charge in [0.25, 0.3) is 0 Å². The number of carbonyl (C=O) groups is 2. The molecule has 2 aromatic rings. The number of ether oxygens (including phenoxy) is 2. The number of aromatic carboxylic acids is 1. The number of benzene rings is 1. The van der Waals surface area contributed by atoms with Gasteiger partial charge in [-0.05, 0) is 79.9 Å². The number of halogens is 4. The lowest BCUT2D eigenvalue weighted by molar-refractivity contribution is -0.306. The Hall–Kier alpha value is -3.93. The SMILES string of the molecule is C=CC(C/C(=C/c1ccc(F)nc1)OC(F)(F)F)CN1CCC2(CC1)COC(=O)N(c1ccc(C(=O)O)cc1)C2. The highest BCUT2D eigenvalue weighted by Crippen LogP contribution is 2.38. The molecule has 8 nitrogen and oxygen atoms in total. The molecule has 1 unspecified atom stereocenters. The number of pyridine rings is 1. The Morgan fingerprint density at radius 1 is 1.20 bits per heavy atom. The van der Waals surface area contributed by atoms with Crippen LogP contribution in [0, 0.1) is 17.3 Å². The summed E-state index contributed by atoms with van der Waals surface area (Å²) in [5.74, 6) is -2.49. The van der Waals surface area contributed by atoms with E-state index in [-0.39, 0.29) is 41.2 Å². The van der Waals surface area contributed by atoms with Crippen LogP contribution in [-0.2, 0) is 9.47 Å². The van der Waals surface area contributed by atoms with Crippen molar-refractivity contribution in [1.29, 1.82) is 0 Å². The van der Waals surface area contributed by atoms with Crippen molar-refractivity contribution in [2.24, 2.45) is 11.3 Å². The summed E-state index contributed by atoms with van der Waals surface area (Å²) in [7, 11) is 0. The number of carbonyl (C=O) groups excluding carboxylic acids is 1. The molecule has 1 aromatic carbocycles. The Morgan fingerprint density at radius 3 is 2.48 bits per heavy atom. The molecule has 0 saturated carbocycles. The second kappa shape index (κ2) is 12.1. The highest BCUT2D eigenvalue weighted by atomic mass is 19.4. The third-order valence-corrected chi connectivity index (χ3v) is 7.17. The predicted octanol–water partition coefficient (Wildman–Crippen LogP) is 5.73. The lowest BCUT2D eigenvalue weighted by Crippen LogP contribution is -2.55. The molecule has 40 heavy (non-hydrogen) atoms. The molecule has 1 atom stereocenters. The normalized spacial score (nSPS) is 18.8. The molecule has 0 aliphatic carbocycles. The number of hydrogen-bond donors (Lipinski definition) is 1. The highest BCUT2D eigenvalue weighted by Gasteiger charge is 2.43. The van der Waals surface area contributed by atoms with Gasteiger partial charge in [0.1, 0.15) is 12.4 Å². The molecule has 1 N–H and O–H groups in total. The van der Waals surface area contributed by atoms with Gasteiger partial charge in [0.15, 0.2) is 0 Å². The zero-order valence-electron chi connectivity index (χ0n) is 21.6. The average molecular weight is 564 g/mol. The summed E-state index contributed by atoms with van der Waals surface area (Å²) in [5, 5.41) is 9.12. The summed E-state index contributed by atoms with van der Waals surface area (Å²) < 4.78 is 62.1. The van der Waals surface area contributed by atoms with Crippen molar-refractivity contribution < 1.29 is 41.7 Å². The molecule has 2 aliphatic rings. The van der Waals surface area contributed by atoms with Crippen LogP contribution in [0.2, 0.25) is 0 Å². The van der Waals surface area contributed by atoms with Crippen LogP contribution in [0.25, 0.3) is 6.08 Å². The van der Waals surface area contributed by atoms with Crippen LogP contribution >= 0.6 is 0 Å². The topological polar surface area (TPSA) is 92.2 Å². The third-order valence-electron chi connectivity index (χ3n) is 7.17. The van der Waals surface area contributed by atoms with E-state index in [0.717, 1.165) is 12.3 Å². The standard InChI is InChI=1S/C28H29F4N3O5/c1-2-19(13-23(40-28(30,31)32)14-20-3-8-24(29)33-15-20)16-34-11-9-27(10-12-34)17-35(26(38)39-18-27)22-6-4-21(5-7-22)25(36)37/h2-8,14-15,19H,1,9-13,16-18H2,(H,36,37)/b23-14-. The van der Waals surface area contributed by atoms with Gasteiger partial charge in [-0.2, -0.15) is 4.39 Å². The summed E-state index contributed by atoms with van der Waals surface area (Å²) in [4.78, 5) is 30.7. The Labute approximate surface area is 228 Å². The van der Waals surface area contributed by atoms with Gasteiger partial charge in [-0.25, -0.2) is 14.6 Å². The first-order valence-electron chi connectivity index (χ1n) is 12.7. The number of cyclic esters (lactones) is 1. The lowest BCUT2D eigenvalue weighted by atomic mass is 9.77. The average Bonchev–Trinajstić information content (AvgIpc) is 2.91. The number of aromatic nitrogens is 1. The summed E-state index contributed by atoms with van der Waals surface area (Å²) in [5.41, 5.74) is 0.627. The minimum atomic E-state index is -4.89. The molecule has 1 aromatic heterocycles. The van der Waals surface area contributed by atoms with E-state index < -0.39 is 24.4 Å². The summed E-state index contributed by atoms with van der Waals surface area (Å²) >= 11 is 0. The van der Waals surface area contributed by atoms with Crippen LogP contribution in [0.3, 0.4) is 0 Å². The van der Waals surface area contributed by atoms with Gasteiger partial charge in [-0.15, -0.1) is 19.8 Å². The van der Waals surface area contributed by atoms with Crippen LogP contribution in [0.5, 0.6) is 0 Å². The summed E-state index contributed by atoms with van der Waals surface area (Å²) in [6.07, 6.45) is -0.165. The first-order valence-corrected chi connectivity index (χ1v) is 12.7. The molecule has 2 aliphatic heterocycles. The van der Waals surface area contributed by atoms with Crippen molar-refractivity contribution in [3.8, 4) is 0 Å². The monoisotopic (exact) mass is 563 g/mol. The molecular weight excluding hydrogens is 534 g/mol. The fourth-order valence-electron chi connectivity index (χ4n) is 4.98. The van der Waals surface area contributed by atoms with Crippen LogP contribution in [0.15, 0.2) is 61.0 Å². The molecule has 214 valence electrons. The largest absolute Gasteiger partial charge is 0.572 e. The second-order valence-corrected chi connectivity index (χ2v) is 10.1. The van der Waals surface area contributed by atoms with Crippen molar-refractivity contribution in [2.75, 3.05) is 37.7 Å². The number of likely N-dealkylation sites (tertiary alicyclic amines) is 1. The van der Waals surface area contributed by atoms with E-state index in [2.05, 4.69) is 21.2 Å². The molecule has 4 rings (SSSR count). The van der Waals surface area contributed by atoms with Crippen molar-refractivity contribution in [3.05, 3.63) is 78.1 Å². The van der Waals surface area contributed by atoms with Gasteiger partial charge in [-0.1, -0.05) is 6.08 Å². The van der Waals surface area contributed by atoms with Crippen molar-refractivity contribution in [1.82, 2.24) is 9.88 Å². The Bertz CT molecular complexity index is 1240. The number of anilines is 1. The Morgan fingerprint density at radius 2 is 1.90 bits per heavy atom. The number of carboxylic acid groups (broad SMARTS) is 1. The van der Waals surface area contributed by atoms with Crippen LogP contribution in [0.1, 0.15) is 35.2 Å². The van der Waals surface area contributed by atoms with Gasteiger partial charge in [0, 0.05) is 36.8 Å². The van der Waals surface area contributed by atoms with Crippen LogP contribution < -0.4 is 4.90 Å². The molecule has 2 fully saturated rings. The fourth-order valence-corrected chi connectivity index (χ4v) is 4.98. The highest BCUT2D eigenvalue weighted by molar-refractivity contribution is 5.91. The molecule has 0 bridgehead atoms. The van der Waals surface area contributed by atoms with Crippen molar-refractivity contribution in [2.45, 2.75) is 25.6 Å². The number of piperidine rings is 1. The van der Waals surface area contributed by atoms with Gasteiger partial charge < -0.3 is 19.5 Å². The quantitative estimate of drug-likeness (QED) is 0.180. The van der Waals surface area contributed by atoms with Crippen molar-refractivity contribution >= 4 is 23.8 Å². The Balaban J connectivity index is 1.38. The molecule has 0 radical (unpaired) electrons. The van der Waals surface area contributed by atoms with E-state index >= 15 is 0 Å². The first-order chi connectivity index (χ1) is 18.9. The van der Waals surface area contributed by atoms with E-state index in [1.54, 1.807) is 18.2 Å². The molecule has 1 spiro atoms. The van der Waals surface area contributed by atoms with Gasteiger partial charge in [0.2, 0.25) is 5.95 Å². The van der Waals surface area contributed by atoms with Gasteiger partial charge in [-0.3, -0.25) is 4.90 Å². The summed E-state index contributed by atoms with van der Waals surface area (Å²) in [6, 6.07) is 8.38. The zero-order valence-corrected chi connectivity index (χ0v) is 21.6. The minimum Gasteiger partial charge on any atom is -0.478 e. The number of rotatable bonds is 9. The molecule has 2 saturated heterocycles. The van der Waals surface area contributed by atoms with E-state index in [4.69, 9.17) is 9.84 Å². The number of nitrogens with zero attached hydrogens (tertiary/aromatic N) is 3. The number of alkyl halides is 3. The van der Waals surface area contributed by atoms with Crippen molar-refractivity contribution in [3.63, 3.8) is 0 Å². The fraction of sp³-hybridized carbons (Fsp3) is 0.393. The first kappa shape index (κ1) is 29.1. The third kappa shape index (κ3) is 7.59. The minimum absolute atomic E-state index is 0.0697. The van der Waals surface area contributed by atoms with E-state index in [0.29, 0.717) is 44.7 Å². The maximum atomic E-state index is 13.1. The Kier molecular flexibility index (Phi) is 8.77. The maximum absolute atomic E-state index is 13.1. The van der Waals surface area contributed by atoms with E-state index in [1.165, 1.54) is 29.2 Å². The maximum Gasteiger partial charge on any atom is 0.572 e. The number of carboxylic acids is 1. The van der Waals surface area contributed by atoms with E-state index in [1.807, 2.05) is 0 Å². The predicted molar refractivity (Wildman–Crippen MR) is 138 cm³/mol. The molecule has 12 heteroatoms. The zero-order chi connectivity index (χ0) is 28.9. The van der Waals surface area contributed by atoms with Crippen LogP contribution in [0.4, 0.5) is 28.0 Å². The van der Waals surface area contributed by atoms with Gasteiger partial charge >= 0.3 is 18.4 Å². The second-order valence-electron chi connectivity index (χ2n) is 10.1. The molecular formula is C28H29F4N3O5. The number of amides is 1. The number of allylic oxidation sites excluding steroid dienone is 1. The molecule has 3 heterocycles. The van der Waals surface area contributed by atoms with E-state index in [9.17, 15) is 27.2 Å². The van der Waals surface area contributed by atoms with Crippen LogP contribution in [-0.4, -0.2) is 66.2 Å². The summed E-state index contributed by atoms with van der Waals surface area (Å²) in [6.45, 7) is 6.17.